The molecule has 2 aliphatic heterocycles. The number of carbonyl (C=O) groups excluding carboxylic acids is 3. The number of nitrogens with zero attached hydrogens (tertiary/aromatic N) is 3. The van der Waals surface area contributed by atoms with Crippen LogP contribution in [0.3, 0.4) is 0 Å². The molecule has 3 rings (SSSR count). The van der Waals surface area contributed by atoms with Crippen LogP contribution < -0.4 is 0 Å². The van der Waals surface area contributed by atoms with E-state index in [4.69, 9.17) is 0 Å². The third-order valence-electron chi connectivity index (χ3n) is 4.89. The van der Waals surface area contributed by atoms with Gasteiger partial charge in [0.05, 0.1) is 0 Å². The molecule has 2 aliphatic rings. The average molecular weight is 343 g/mol. The number of hydrogen-bond acceptors (Lipinski definition) is 3. The maximum atomic E-state index is 12.4. The summed E-state index contributed by atoms with van der Waals surface area (Å²) in [5, 5.41) is 0. The Hall–Kier alpha value is -2.37. The Bertz CT molecular complexity index is 668. The van der Waals surface area contributed by atoms with Crippen LogP contribution in [0.2, 0.25) is 0 Å². The molecule has 2 fully saturated rings. The van der Waals surface area contributed by atoms with E-state index in [0.29, 0.717) is 19.6 Å². The maximum absolute atomic E-state index is 12.4. The maximum Gasteiger partial charge on any atom is 0.312 e. The first-order chi connectivity index (χ1) is 12.0. The van der Waals surface area contributed by atoms with Gasteiger partial charge < -0.3 is 14.7 Å². The number of rotatable bonds is 4. The van der Waals surface area contributed by atoms with E-state index < -0.39 is 11.8 Å². The molecule has 0 unspecified atom stereocenters. The average Bonchev–Trinajstić information content (AvgIpc) is 2.62. The summed E-state index contributed by atoms with van der Waals surface area (Å²) in [7, 11) is 0. The number of amides is 3. The molecule has 0 spiro atoms. The van der Waals surface area contributed by atoms with E-state index in [2.05, 4.69) is 0 Å². The van der Waals surface area contributed by atoms with E-state index in [9.17, 15) is 14.4 Å². The molecular weight excluding hydrogens is 318 g/mol. The molecule has 0 N–H and O–H groups in total. The summed E-state index contributed by atoms with van der Waals surface area (Å²) in [6.45, 7) is 4.84. The lowest BCUT2D eigenvalue weighted by Crippen LogP contribution is -2.56. The van der Waals surface area contributed by atoms with Gasteiger partial charge in [-0.05, 0) is 31.7 Å². The van der Waals surface area contributed by atoms with Crippen molar-refractivity contribution in [2.45, 2.75) is 32.7 Å². The summed E-state index contributed by atoms with van der Waals surface area (Å²) >= 11 is 0. The van der Waals surface area contributed by atoms with E-state index in [1.807, 2.05) is 31.2 Å². The van der Waals surface area contributed by atoms with Gasteiger partial charge in [-0.3, -0.25) is 14.4 Å². The summed E-state index contributed by atoms with van der Waals surface area (Å²) in [5.41, 5.74) is 2.14. The Morgan fingerprint density at radius 1 is 0.960 bits per heavy atom. The minimum Gasteiger partial charge on any atom is -0.341 e. The van der Waals surface area contributed by atoms with Crippen LogP contribution in [0, 0.1) is 6.92 Å². The Labute approximate surface area is 148 Å². The van der Waals surface area contributed by atoms with Crippen LogP contribution in [0.1, 0.15) is 30.4 Å². The SMILES string of the molecule is Cc1cccc(CN2CCN(CC(=O)N3CCCCC3)C(=O)C2=O)c1. The molecule has 0 radical (unpaired) electrons. The monoisotopic (exact) mass is 343 g/mol. The molecule has 1 aromatic carbocycles. The number of piperidine rings is 1. The van der Waals surface area contributed by atoms with Crippen molar-refractivity contribution in [2.75, 3.05) is 32.7 Å². The number of hydrogen-bond donors (Lipinski definition) is 0. The third kappa shape index (κ3) is 4.18. The molecule has 3 amide bonds. The topological polar surface area (TPSA) is 60.9 Å². The fourth-order valence-electron chi connectivity index (χ4n) is 3.45. The molecule has 6 heteroatoms. The molecular formula is C19H25N3O3. The Balaban J connectivity index is 1.57. The predicted molar refractivity (Wildman–Crippen MR) is 93.6 cm³/mol. The zero-order valence-corrected chi connectivity index (χ0v) is 14.7. The molecule has 0 aromatic heterocycles. The summed E-state index contributed by atoms with van der Waals surface area (Å²) in [5.74, 6) is -1.13. The van der Waals surface area contributed by atoms with Gasteiger partial charge in [0.25, 0.3) is 0 Å². The lowest BCUT2D eigenvalue weighted by molar-refractivity contribution is -0.158. The van der Waals surface area contributed by atoms with Crippen molar-refractivity contribution in [3.8, 4) is 0 Å². The van der Waals surface area contributed by atoms with Gasteiger partial charge in [0.1, 0.15) is 6.54 Å². The molecule has 134 valence electrons. The van der Waals surface area contributed by atoms with Gasteiger partial charge in [0, 0.05) is 32.7 Å². The molecule has 0 bridgehead atoms. The summed E-state index contributed by atoms with van der Waals surface area (Å²) in [6.07, 6.45) is 3.19. The highest BCUT2D eigenvalue weighted by Crippen LogP contribution is 2.14. The van der Waals surface area contributed by atoms with Crippen molar-refractivity contribution in [2.24, 2.45) is 0 Å². The van der Waals surface area contributed by atoms with E-state index in [1.165, 1.54) is 4.90 Å². The van der Waals surface area contributed by atoms with Gasteiger partial charge in [-0.1, -0.05) is 29.8 Å². The van der Waals surface area contributed by atoms with Gasteiger partial charge in [-0.25, -0.2) is 0 Å². The molecule has 1 aromatic rings. The Kier molecular flexibility index (Phi) is 5.36. The van der Waals surface area contributed by atoms with Crippen LogP contribution in [0.5, 0.6) is 0 Å². The Morgan fingerprint density at radius 2 is 1.64 bits per heavy atom. The fraction of sp³-hybridized carbons (Fsp3) is 0.526. The fourth-order valence-corrected chi connectivity index (χ4v) is 3.45. The van der Waals surface area contributed by atoms with Crippen LogP contribution in [0.15, 0.2) is 24.3 Å². The van der Waals surface area contributed by atoms with E-state index >= 15 is 0 Å². The van der Waals surface area contributed by atoms with Crippen LogP contribution in [-0.4, -0.2) is 65.1 Å². The van der Waals surface area contributed by atoms with Gasteiger partial charge in [-0.2, -0.15) is 0 Å². The van der Waals surface area contributed by atoms with Crippen molar-refractivity contribution in [1.82, 2.24) is 14.7 Å². The van der Waals surface area contributed by atoms with Crippen molar-refractivity contribution >= 4 is 17.7 Å². The third-order valence-corrected chi connectivity index (χ3v) is 4.89. The lowest BCUT2D eigenvalue weighted by Gasteiger charge is -2.35. The minimum atomic E-state index is -0.565. The van der Waals surface area contributed by atoms with Crippen molar-refractivity contribution in [3.63, 3.8) is 0 Å². The highest BCUT2D eigenvalue weighted by molar-refractivity contribution is 6.35. The number of likely N-dealkylation sites (tertiary alicyclic amines) is 1. The molecule has 25 heavy (non-hydrogen) atoms. The van der Waals surface area contributed by atoms with Crippen molar-refractivity contribution in [1.29, 1.82) is 0 Å². The van der Waals surface area contributed by atoms with Crippen LogP contribution in [-0.2, 0) is 20.9 Å². The van der Waals surface area contributed by atoms with E-state index in [1.54, 1.807) is 9.80 Å². The second-order valence-corrected chi connectivity index (χ2v) is 6.88. The first kappa shape index (κ1) is 17.5. The van der Waals surface area contributed by atoms with Crippen LogP contribution in [0.4, 0.5) is 0 Å². The summed E-state index contributed by atoms with van der Waals surface area (Å²) in [4.78, 5) is 41.9. The summed E-state index contributed by atoms with van der Waals surface area (Å²) < 4.78 is 0. The summed E-state index contributed by atoms with van der Waals surface area (Å²) in [6, 6.07) is 7.92. The zero-order chi connectivity index (χ0) is 17.8. The van der Waals surface area contributed by atoms with Gasteiger partial charge >= 0.3 is 11.8 Å². The van der Waals surface area contributed by atoms with Gasteiger partial charge in [0.15, 0.2) is 0 Å². The first-order valence-electron chi connectivity index (χ1n) is 8.96. The highest BCUT2D eigenvalue weighted by Gasteiger charge is 2.34. The number of aryl methyl sites for hydroxylation is 1. The van der Waals surface area contributed by atoms with E-state index in [0.717, 1.165) is 43.5 Å². The Morgan fingerprint density at radius 3 is 2.36 bits per heavy atom. The van der Waals surface area contributed by atoms with Crippen molar-refractivity contribution < 1.29 is 14.4 Å². The number of benzene rings is 1. The van der Waals surface area contributed by atoms with Gasteiger partial charge in [0.2, 0.25) is 5.91 Å². The molecule has 2 saturated heterocycles. The second-order valence-electron chi connectivity index (χ2n) is 6.88. The lowest BCUT2D eigenvalue weighted by atomic mass is 10.1. The van der Waals surface area contributed by atoms with Crippen molar-refractivity contribution in [3.05, 3.63) is 35.4 Å². The second kappa shape index (κ2) is 7.68. The molecule has 2 heterocycles. The minimum absolute atomic E-state index is 0.0167. The molecule has 0 saturated carbocycles. The zero-order valence-electron chi connectivity index (χ0n) is 14.7. The van der Waals surface area contributed by atoms with Crippen LogP contribution in [0.25, 0.3) is 0 Å². The van der Waals surface area contributed by atoms with E-state index in [-0.39, 0.29) is 12.5 Å². The molecule has 0 aliphatic carbocycles. The van der Waals surface area contributed by atoms with Gasteiger partial charge in [-0.15, -0.1) is 0 Å². The highest BCUT2D eigenvalue weighted by atomic mass is 16.2. The smallest absolute Gasteiger partial charge is 0.312 e. The first-order valence-corrected chi connectivity index (χ1v) is 8.96. The number of piperazine rings is 1. The molecule has 6 nitrogen and oxygen atoms in total. The predicted octanol–water partition coefficient (Wildman–Crippen LogP) is 1.18. The normalized spacial score (nSPS) is 18.7. The molecule has 0 atom stereocenters. The largest absolute Gasteiger partial charge is 0.341 e. The standard InChI is InChI=1S/C19H25N3O3/c1-15-6-5-7-16(12-15)13-21-10-11-22(19(25)18(21)24)14-17(23)20-8-3-2-4-9-20/h5-7,12H,2-4,8-11,13-14H2,1H3. The number of carbonyl (C=O) groups is 3. The van der Waals surface area contributed by atoms with Crippen LogP contribution >= 0.6 is 0 Å². The quantitative estimate of drug-likeness (QED) is 0.771.